The van der Waals surface area contributed by atoms with Crippen LogP contribution in [0.4, 0.5) is 4.39 Å². The van der Waals surface area contributed by atoms with Crippen molar-refractivity contribution in [1.29, 1.82) is 0 Å². The highest BCUT2D eigenvalue weighted by molar-refractivity contribution is 4.90. The molecule has 0 saturated carbocycles. The molecule has 0 aromatic rings. The number of methoxy groups -OCH3 is 1. The van der Waals surface area contributed by atoms with Crippen LogP contribution in [0.3, 0.4) is 0 Å². The van der Waals surface area contributed by atoms with Gasteiger partial charge in [0.25, 0.3) is 0 Å². The number of alkyl halides is 1. The fourth-order valence-electron chi connectivity index (χ4n) is 1.62. The zero-order chi connectivity index (χ0) is 10.4. The number of likely N-dealkylation sites (N-methyl/N-ethyl adjacent to an activating group) is 1. The van der Waals surface area contributed by atoms with Gasteiger partial charge < -0.3 is 4.74 Å². The van der Waals surface area contributed by atoms with E-state index in [0.29, 0.717) is 19.1 Å². The molecule has 1 heterocycles. The monoisotopic (exact) mass is 191 g/mol. The molecule has 1 aliphatic rings. The number of nitrogens with zero attached hydrogens (tertiary/aromatic N) is 1. The molecule has 0 radical (unpaired) electrons. The summed E-state index contributed by atoms with van der Waals surface area (Å²) in [6, 6.07) is 0.320. The Morgan fingerprint density at radius 2 is 2.00 bits per heavy atom. The van der Waals surface area contributed by atoms with Crippen molar-refractivity contribution in [2.45, 2.75) is 45.4 Å². The Balaban J connectivity index is 0.000000671. The van der Waals surface area contributed by atoms with Crippen LogP contribution in [0.1, 0.15) is 27.2 Å². The molecule has 0 spiro atoms. The van der Waals surface area contributed by atoms with Gasteiger partial charge in [0.05, 0.1) is 12.6 Å². The summed E-state index contributed by atoms with van der Waals surface area (Å²) in [7, 11) is 3.57. The predicted molar refractivity (Wildman–Crippen MR) is 53.8 cm³/mol. The number of rotatable bonds is 2. The van der Waals surface area contributed by atoms with Crippen LogP contribution in [0.2, 0.25) is 0 Å². The highest BCUT2D eigenvalue weighted by Crippen LogP contribution is 2.24. The molecular formula is C10H22FNO. The van der Waals surface area contributed by atoms with Crippen molar-refractivity contribution >= 4 is 0 Å². The van der Waals surface area contributed by atoms with Crippen molar-refractivity contribution < 1.29 is 9.13 Å². The normalized spacial score (nSPS) is 34.2. The molecule has 1 fully saturated rings. The summed E-state index contributed by atoms with van der Waals surface area (Å²) in [5, 5.41) is 0. The van der Waals surface area contributed by atoms with Gasteiger partial charge in [-0.05, 0) is 20.4 Å². The molecule has 13 heavy (non-hydrogen) atoms. The fourth-order valence-corrected chi connectivity index (χ4v) is 1.62. The summed E-state index contributed by atoms with van der Waals surface area (Å²) < 4.78 is 18.1. The van der Waals surface area contributed by atoms with Crippen LogP contribution >= 0.6 is 0 Å². The summed E-state index contributed by atoms with van der Waals surface area (Å²) in [5.74, 6) is 0. The molecule has 0 amide bonds. The highest BCUT2D eigenvalue weighted by Gasteiger charge is 2.36. The first-order valence-electron chi connectivity index (χ1n) is 5.01. The first kappa shape index (κ1) is 12.8. The Labute approximate surface area is 81.1 Å². The largest absolute Gasteiger partial charge is 0.383 e. The zero-order valence-corrected chi connectivity index (χ0v) is 9.38. The summed E-state index contributed by atoms with van der Waals surface area (Å²) in [5.41, 5.74) is 0. The number of halogens is 1. The lowest BCUT2D eigenvalue weighted by atomic mass is 10.2. The molecule has 0 aromatic heterocycles. The molecule has 0 N–H and O–H groups in total. The van der Waals surface area contributed by atoms with E-state index in [2.05, 4.69) is 0 Å². The van der Waals surface area contributed by atoms with Gasteiger partial charge in [0, 0.05) is 13.2 Å². The third-order valence-electron chi connectivity index (χ3n) is 2.54. The van der Waals surface area contributed by atoms with Gasteiger partial charge >= 0.3 is 0 Å². The topological polar surface area (TPSA) is 12.5 Å². The van der Waals surface area contributed by atoms with E-state index in [1.165, 1.54) is 0 Å². The second-order valence-electron chi connectivity index (χ2n) is 3.29. The van der Waals surface area contributed by atoms with E-state index in [4.69, 9.17) is 4.74 Å². The van der Waals surface area contributed by atoms with Gasteiger partial charge in [-0.25, -0.2) is 4.39 Å². The lowest BCUT2D eigenvalue weighted by Crippen LogP contribution is -2.36. The Hall–Kier alpha value is -0.150. The Kier molecular flexibility index (Phi) is 6.25. The van der Waals surface area contributed by atoms with Crippen LogP contribution in [0.5, 0.6) is 0 Å². The summed E-state index contributed by atoms with van der Waals surface area (Å²) in [6.07, 6.45) is -0.0696. The van der Waals surface area contributed by atoms with Gasteiger partial charge in [-0.15, -0.1) is 0 Å². The first-order valence-corrected chi connectivity index (χ1v) is 5.01. The Morgan fingerprint density at radius 3 is 2.31 bits per heavy atom. The van der Waals surface area contributed by atoms with Crippen molar-refractivity contribution in [3.8, 4) is 0 Å². The average Bonchev–Trinajstić information content (AvgIpc) is 2.36. The van der Waals surface area contributed by atoms with E-state index >= 15 is 0 Å². The van der Waals surface area contributed by atoms with Crippen molar-refractivity contribution in [2.75, 3.05) is 20.8 Å². The molecule has 3 unspecified atom stereocenters. The highest BCUT2D eigenvalue weighted by atomic mass is 19.1. The SMILES string of the molecule is CC.COCC1C(F)CC(C)N1C. The molecule has 0 aromatic carbocycles. The van der Waals surface area contributed by atoms with E-state index in [1.807, 2.05) is 32.7 Å². The van der Waals surface area contributed by atoms with Crippen LogP contribution < -0.4 is 0 Å². The van der Waals surface area contributed by atoms with Crippen molar-refractivity contribution in [3.63, 3.8) is 0 Å². The predicted octanol–water partition coefficient (Wildman–Crippen LogP) is 2.09. The van der Waals surface area contributed by atoms with Crippen LogP contribution in [-0.4, -0.2) is 43.9 Å². The van der Waals surface area contributed by atoms with Crippen LogP contribution in [0, 0.1) is 0 Å². The van der Waals surface area contributed by atoms with E-state index in [9.17, 15) is 4.39 Å². The maximum atomic E-state index is 13.2. The van der Waals surface area contributed by atoms with Crippen molar-refractivity contribution in [1.82, 2.24) is 4.90 Å². The van der Waals surface area contributed by atoms with E-state index < -0.39 is 6.17 Å². The molecule has 2 nitrogen and oxygen atoms in total. The third kappa shape index (κ3) is 3.24. The third-order valence-corrected chi connectivity index (χ3v) is 2.54. The maximum absolute atomic E-state index is 13.2. The molecule has 1 rings (SSSR count). The number of likely N-dealkylation sites (tertiary alicyclic amines) is 1. The number of hydrogen-bond acceptors (Lipinski definition) is 2. The lowest BCUT2D eigenvalue weighted by Gasteiger charge is -2.22. The van der Waals surface area contributed by atoms with Crippen LogP contribution in [-0.2, 0) is 4.74 Å². The molecule has 1 aliphatic heterocycles. The molecule has 3 heteroatoms. The minimum atomic E-state index is -0.713. The number of ether oxygens (including phenoxy) is 1. The van der Waals surface area contributed by atoms with Gasteiger partial charge in [-0.2, -0.15) is 0 Å². The van der Waals surface area contributed by atoms with Gasteiger partial charge in [-0.1, -0.05) is 13.8 Å². The second kappa shape index (κ2) is 6.33. The quantitative estimate of drug-likeness (QED) is 0.662. The zero-order valence-electron chi connectivity index (χ0n) is 9.38. The van der Waals surface area contributed by atoms with E-state index in [1.54, 1.807) is 7.11 Å². The summed E-state index contributed by atoms with van der Waals surface area (Å²) >= 11 is 0. The summed E-state index contributed by atoms with van der Waals surface area (Å²) in [4.78, 5) is 2.05. The standard InChI is InChI=1S/C8H16FNO.C2H6/c1-6-4-7(9)8(5-11-3)10(6)2;1-2/h6-8H,4-5H2,1-3H3;1-2H3. The minimum absolute atomic E-state index is 0.0324. The minimum Gasteiger partial charge on any atom is -0.383 e. The molecule has 0 aliphatic carbocycles. The number of hydrogen-bond donors (Lipinski definition) is 0. The Bertz CT molecular complexity index is 132. The molecule has 0 bridgehead atoms. The first-order chi connectivity index (χ1) is 6.16. The van der Waals surface area contributed by atoms with Crippen LogP contribution in [0.15, 0.2) is 0 Å². The van der Waals surface area contributed by atoms with Crippen LogP contribution in [0.25, 0.3) is 0 Å². The van der Waals surface area contributed by atoms with E-state index in [-0.39, 0.29) is 6.04 Å². The fraction of sp³-hybridized carbons (Fsp3) is 1.00. The maximum Gasteiger partial charge on any atom is 0.119 e. The smallest absolute Gasteiger partial charge is 0.119 e. The van der Waals surface area contributed by atoms with Gasteiger partial charge in [0.2, 0.25) is 0 Å². The molecule has 80 valence electrons. The Morgan fingerprint density at radius 1 is 1.46 bits per heavy atom. The van der Waals surface area contributed by atoms with E-state index in [0.717, 1.165) is 0 Å². The second-order valence-corrected chi connectivity index (χ2v) is 3.29. The van der Waals surface area contributed by atoms with Crippen molar-refractivity contribution in [3.05, 3.63) is 0 Å². The average molecular weight is 191 g/mol. The van der Waals surface area contributed by atoms with Gasteiger partial charge in [0.1, 0.15) is 6.17 Å². The molecule has 1 saturated heterocycles. The molecule has 3 atom stereocenters. The lowest BCUT2D eigenvalue weighted by molar-refractivity contribution is 0.0896. The molecular weight excluding hydrogens is 169 g/mol. The van der Waals surface area contributed by atoms with Gasteiger partial charge in [-0.3, -0.25) is 4.90 Å². The summed E-state index contributed by atoms with van der Waals surface area (Å²) in [6.45, 7) is 6.55. The van der Waals surface area contributed by atoms with Gasteiger partial charge in [0.15, 0.2) is 0 Å². The van der Waals surface area contributed by atoms with Crippen molar-refractivity contribution in [2.24, 2.45) is 0 Å².